The van der Waals surface area contributed by atoms with E-state index >= 15 is 0 Å². The van der Waals surface area contributed by atoms with Gasteiger partial charge in [0.05, 0.1) is 12.6 Å². The molecule has 0 amide bonds. The van der Waals surface area contributed by atoms with Gasteiger partial charge in [-0.25, -0.2) is 0 Å². The lowest BCUT2D eigenvalue weighted by atomic mass is 10.1. The highest BCUT2D eigenvalue weighted by Gasteiger charge is 2.08. The molecule has 0 bridgehead atoms. The third-order valence-corrected chi connectivity index (χ3v) is 2.85. The van der Waals surface area contributed by atoms with Gasteiger partial charge in [0.25, 0.3) is 0 Å². The summed E-state index contributed by atoms with van der Waals surface area (Å²) in [4.78, 5) is 0. The van der Waals surface area contributed by atoms with Crippen molar-refractivity contribution < 1.29 is 10.2 Å². The Labute approximate surface area is 107 Å². The van der Waals surface area contributed by atoms with Crippen molar-refractivity contribution in [3.8, 4) is 5.75 Å². The van der Waals surface area contributed by atoms with Gasteiger partial charge >= 0.3 is 0 Å². The number of hydrogen-bond donors (Lipinski definition) is 3. The summed E-state index contributed by atoms with van der Waals surface area (Å²) in [7, 11) is 0. The Bertz CT molecular complexity index is 485. The van der Waals surface area contributed by atoms with Crippen molar-refractivity contribution in [3.63, 3.8) is 0 Å². The molecule has 0 spiro atoms. The zero-order valence-electron chi connectivity index (χ0n) is 10.1. The lowest BCUT2D eigenvalue weighted by molar-refractivity contribution is 0.243. The van der Waals surface area contributed by atoms with Crippen LogP contribution in [0.4, 0.5) is 0 Å². The van der Waals surface area contributed by atoms with Crippen LogP contribution < -0.4 is 5.32 Å². The SMILES string of the molecule is OCC(NCc1cccc(O)c1)c1ccccc1. The Morgan fingerprint density at radius 3 is 2.44 bits per heavy atom. The van der Waals surface area contributed by atoms with Gasteiger partial charge in [-0.15, -0.1) is 0 Å². The second-order valence-electron chi connectivity index (χ2n) is 4.20. The fourth-order valence-corrected chi connectivity index (χ4v) is 1.88. The summed E-state index contributed by atoms with van der Waals surface area (Å²) in [6, 6.07) is 16.8. The lowest BCUT2D eigenvalue weighted by Crippen LogP contribution is -2.23. The monoisotopic (exact) mass is 243 g/mol. The van der Waals surface area contributed by atoms with Crippen molar-refractivity contribution >= 4 is 0 Å². The predicted octanol–water partition coefficient (Wildman–Crippen LogP) is 2.22. The van der Waals surface area contributed by atoms with Gasteiger partial charge in [0, 0.05) is 6.54 Å². The fraction of sp³-hybridized carbons (Fsp3) is 0.200. The van der Waals surface area contributed by atoms with Crippen molar-refractivity contribution in [3.05, 3.63) is 65.7 Å². The summed E-state index contributed by atoms with van der Waals surface area (Å²) in [5, 5.41) is 22.0. The molecule has 0 aromatic heterocycles. The van der Waals surface area contributed by atoms with Crippen molar-refractivity contribution in [2.24, 2.45) is 0 Å². The molecule has 0 aliphatic heterocycles. The molecule has 0 radical (unpaired) electrons. The molecule has 0 saturated carbocycles. The van der Waals surface area contributed by atoms with E-state index in [4.69, 9.17) is 0 Å². The van der Waals surface area contributed by atoms with Crippen LogP contribution in [0.1, 0.15) is 17.2 Å². The number of phenols is 1. The summed E-state index contributed by atoms with van der Waals surface area (Å²) in [5.41, 5.74) is 2.05. The molecular formula is C15H17NO2. The van der Waals surface area contributed by atoms with E-state index in [-0.39, 0.29) is 18.4 Å². The largest absolute Gasteiger partial charge is 0.508 e. The van der Waals surface area contributed by atoms with Crippen LogP contribution in [0, 0.1) is 0 Å². The maximum atomic E-state index is 9.40. The average molecular weight is 243 g/mol. The second kappa shape index (κ2) is 6.19. The molecule has 1 unspecified atom stereocenters. The van der Waals surface area contributed by atoms with Gasteiger partial charge in [-0.3, -0.25) is 0 Å². The van der Waals surface area contributed by atoms with Crippen molar-refractivity contribution in [2.75, 3.05) is 6.61 Å². The minimum Gasteiger partial charge on any atom is -0.508 e. The van der Waals surface area contributed by atoms with Crippen LogP contribution in [0.5, 0.6) is 5.75 Å². The number of aliphatic hydroxyl groups is 1. The molecule has 1 atom stereocenters. The molecule has 0 aliphatic carbocycles. The molecule has 2 aromatic carbocycles. The van der Waals surface area contributed by atoms with Crippen LogP contribution in [-0.2, 0) is 6.54 Å². The number of aliphatic hydroxyl groups excluding tert-OH is 1. The molecule has 94 valence electrons. The third-order valence-electron chi connectivity index (χ3n) is 2.85. The summed E-state index contributed by atoms with van der Waals surface area (Å²) < 4.78 is 0. The van der Waals surface area contributed by atoms with Crippen molar-refractivity contribution in [2.45, 2.75) is 12.6 Å². The molecule has 0 fully saturated rings. The normalized spacial score (nSPS) is 12.3. The predicted molar refractivity (Wildman–Crippen MR) is 71.2 cm³/mol. The second-order valence-corrected chi connectivity index (χ2v) is 4.20. The highest BCUT2D eigenvalue weighted by Crippen LogP contribution is 2.14. The maximum Gasteiger partial charge on any atom is 0.115 e. The van der Waals surface area contributed by atoms with Crippen molar-refractivity contribution in [1.29, 1.82) is 0 Å². The van der Waals surface area contributed by atoms with Gasteiger partial charge in [0.1, 0.15) is 5.75 Å². The van der Waals surface area contributed by atoms with E-state index in [9.17, 15) is 10.2 Å². The van der Waals surface area contributed by atoms with E-state index in [2.05, 4.69) is 5.32 Å². The number of hydrogen-bond acceptors (Lipinski definition) is 3. The van der Waals surface area contributed by atoms with Gasteiger partial charge in [-0.1, -0.05) is 42.5 Å². The quantitative estimate of drug-likeness (QED) is 0.754. The number of rotatable bonds is 5. The molecule has 0 aliphatic rings. The van der Waals surface area contributed by atoms with Crippen LogP contribution in [0.2, 0.25) is 0 Å². The first kappa shape index (κ1) is 12.6. The zero-order chi connectivity index (χ0) is 12.8. The number of benzene rings is 2. The molecule has 18 heavy (non-hydrogen) atoms. The van der Waals surface area contributed by atoms with Crippen LogP contribution in [0.15, 0.2) is 54.6 Å². The summed E-state index contributed by atoms with van der Waals surface area (Å²) in [6.07, 6.45) is 0. The molecule has 0 heterocycles. The smallest absolute Gasteiger partial charge is 0.115 e. The molecule has 3 heteroatoms. The Morgan fingerprint density at radius 2 is 1.78 bits per heavy atom. The van der Waals surface area contributed by atoms with Gasteiger partial charge in [-0.05, 0) is 23.3 Å². The van der Waals surface area contributed by atoms with Crippen LogP contribution >= 0.6 is 0 Å². The first-order valence-electron chi connectivity index (χ1n) is 5.96. The van der Waals surface area contributed by atoms with E-state index in [1.165, 1.54) is 0 Å². The molecule has 2 rings (SSSR count). The Balaban J connectivity index is 2.00. The van der Waals surface area contributed by atoms with Gasteiger partial charge < -0.3 is 15.5 Å². The minimum atomic E-state index is -0.0893. The summed E-state index contributed by atoms with van der Waals surface area (Å²) >= 11 is 0. The topological polar surface area (TPSA) is 52.5 Å². The van der Waals surface area contributed by atoms with E-state index in [1.807, 2.05) is 42.5 Å². The third kappa shape index (κ3) is 3.32. The maximum absolute atomic E-state index is 9.40. The van der Waals surface area contributed by atoms with E-state index in [0.717, 1.165) is 11.1 Å². The number of phenolic OH excluding ortho intramolecular Hbond substituents is 1. The van der Waals surface area contributed by atoms with Crippen LogP contribution in [-0.4, -0.2) is 16.8 Å². The Kier molecular flexibility index (Phi) is 4.34. The first-order chi connectivity index (χ1) is 8.79. The number of nitrogens with one attached hydrogen (secondary N) is 1. The van der Waals surface area contributed by atoms with Crippen molar-refractivity contribution in [1.82, 2.24) is 5.32 Å². The average Bonchev–Trinajstić information content (AvgIpc) is 2.41. The molecule has 3 nitrogen and oxygen atoms in total. The highest BCUT2D eigenvalue weighted by atomic mass is 16.3. The number of aromatic hydroxyl groups is 1. The van der Waals surface area contributed by atoms with Gasteiger partial charge in [-0.2, -0.15) is 0 Å². The minimum absolute atomic E-state index is 0.0445. The zero-order valence-corrected chi connectivity index (χ0v) is 10.1. The van der Waals surface area contributed by atoms with Gasteiger partial charge in [0.15, 0.2) is 0 Å². The summed E-state index contributed by atoms with van der Waals surface area (Å²) in [6.45, 7) is 0.650. The Morgan fingerprint density at radius 1 is 1.00 bits per heavy atom. The van der Waals surface area contributed by atoms with Crippen LogP contribution in [0.3, 0.4) is 0 Å². The first-order valence-corrected chi connectivity index (χ1v) is 5.96. The molecule has 0 saturated heterocycles. The van der Waals surface area contributed by atoms with E-state index in [1.54, 1.807) is 12.1 Å². The van der Waals surface area contributed by atoms with E-state index < -0.39 is 0 Å². The summed E-state index contributed by atoms with van der Waals surface area (Å²) in [5.74, 6) is 0.259. The lowest BCUT2D eigenvalue weighted by Gasteiger charge is -2.16. The standard InChI is InChI=1S/C15H17NO2/c17-11-15(13-6-2-1-3-7-13)16-10-12-5-4-8-14(18)9-12/h1-9,15-18H,10-11H2. The highest BCUT2D eigenvalue weighted by molar-refractivity contribution is 5.27. The Hall–Kier alpha value is -1.84. The molecule has 2 aromatic rings. The fourth-order valence-electron chi connectivity index (χ4n) is 1.88. The van der Waals surface area contributed by atoms with Gasteiger partial charge in [0.2, 0.25) is 0 Å². The molecule has 3 N–H and O–H groups in total. The molecular weight excluding hydrogens is 226 g/mol. The van der Waals surface area contributed by atoms with E-state index in [0.29, 0.717) is 6.54 Å². The van der Waals surface area contributed by atoms with Crippen LogP contribution in [0.25, 0.3) is 0 Å².